The van der Waals surface area contributed by atoms with E-state index in [1.807, 2.05) is 13.0 Å². The lowest BCUT2D eigenvalue weighted by Gasteiger charge is -2.20. The molecule has 0 spiro atoms. The summed E-state index contributed by atoms with van der Waals surface area (Å²) >= 11 is 6.20. The van der Waals surface area contributed by atoms with Crippen LogP contribution in [-0.2, 0) is 9.59 Å². The van der Waals surface area contributed by atoms with Gasteiger partial charge in [0.25, 0.3) is 5.91 Å². The third-order valence-corrected chi connectivity index (χ3v) is 6.56. The average molecular weight is 440 g/mol. The Morgan fingerprint density at radius 1 is 1.06 bits per heavy atom. The number of para-hydroxylation sites is 1. The highest BCUT2D eigenvalue weighted by Crippen LogP contribution is 2.32. The van der Waals surface area contributed by atoms with Crippen molar-refractivity contribution in [2.75, 3.05) is 16.8 Å². The van der Waals surface area contributed by atoms with E-state index in [1.54, 1.807) is 41.3 Å². The van der Waals surface area contributed by atoms with E-state index < -0.39 is 5.92 Å². The van der Waals surface area contributed by atoms with Crippen LogP contribution in [-0.4, -0.2) is 30.3 Å². The lowest BCUT2D eigenvalue weighted by molar-refractivity contribution is -0.122. The van der Waals surface area contributed by atoms with Crippen molar-refractivity contribution in [2.24, 2.45) is 5.92 Å². The summed E-state index contributed by atoms with van der Waals surface area (Å²) in [6.45, 7) is 2.14. The van der Waals surface area contributed by atoms with Crippen LogP contribution in [0.1, 0.15) is 48.0 Å². The van der Waals surface area contributed by atoms with E-state index in [1.165, 1.54) is 0 Å². The van der Waals surface area contributed by atoms with E-state index in [9.17, 15) is 14.4 Å². The summed E-state index contributed by atoms with van der Waals surface area (Å²) in [5, 5.41) is 6.52. The molecule has 1 saturated heterocycles. The van der Waals surface area contributed by atoms with E-state index >= 15 is 0 Å². The minimum atomic E-state index is -0.503. The largest absolute Gasteiger partial charge is 0.349 e. The first-order chi connectivity index (χ1) is 14.9. The van der Waals surface area contributed by atoms with Crippen LogP contribution in [0.15, 0.2) is 42.5 Å². The number of hydrogen-bond acceptors (Lipinski definition) is 3. The molecule has 1 heterocycles. The maximum absolute atomic E-state index is 13.0. The van der Waals surface area contributed by atoms with E-state index in [-0.39, 0.29) is 36.7 Å². The first-order valence-electron chi connectivity index (χ1n) is 10.7. The summed E-state index contributed by atoms with van der Waals surface area (Å²) < 4.78 is 0. The fourth-order valence-corrected chi connectivity index (χ4v) is 4.53. The van der Waals surface area contributed by atoms with E-state index in [4.69, 9.17) is 11.6 Å². The zero-order valence-electron chi connectivity index (χ0n) is 17.5. The van der Waals surface area contributed by atoms with Gasteiger partial charge < -0.3 is 15.5 Å². The third kappa shape index (κ3) is 4.59. The van der Waals surface area contributed by atoms with Gasteiger partial charge in [0.2, 0.25) is 11.8 Å². The lowest BCUT2D eigenvalue weighted by Crippen LogP contribution is -2.34. The molecule has 162 valence electrons. The molecule has 1 aliphatic heterocycles. The van der Waals surface area contributed by atoms with Crippen molar-refractivity contribution < 1.29 is 14.4 Å². The fraction of sp³-hybridized carbons (Fsp3) is 0.375. The monoisotopic (exact) mass is 439 g/mol. The van der Waals surface area contributed by atoms with Crippen molar-refractivity contribution in [3.8, 4) is 0 Å². The minimum Gasteiger partial charge on any atom is -0.349 e. The van der Waals surface area contributed by atoms with Crippen molar-refractivity contribution in [3.63, 3.8) is 0 Å². The fourth-order valence-electron chi connectivity index (χ4n) is 4.36. The summed E-state index contributed by atoms with van der Waals surface area (Å²) in [6, 6.07) is 12.6. The molecule has 2 aromatic rings. The smallest absolute Gasteiger partial charge is 0.253 e. The Morgan fingerprint density at radius 2 is 1.81 bits per heavy atom. The summed E-state index contributed by atoms with van der Waals surface area (Å²) in [4.78, 5) is 39.9. The number of nitrogens with zero attached hydrogens (tertiary/aromatic N) is 1. The molecule has 2 aliphatic rings. The van der Waals surface area contributed by atoms with Gasteiger partial charge in [0.1, 0.15) is 0 Å². The van der Waals surface area contributed by atoms with Gasteiger partial charge in [0, 0.05) is 29.7 Å². The van der Waals surface area contributed by atoms with Gasteiger partial charge >= 0.3 is 0 Å². The molecule has 6 nitrogen and oxygen atoms in total. The number of nitrogens with one attached hydrogen (secondary N) is 2. The average Bonchev–Trinajstić information content (AvgIpc) is 3.40. The van der Waals surface area contributed by atoms with Crippen LogP contribution in [0.4, 0.5) is 11.4 Å². The number of carbonyl (C=O) groups excluding carboxylic acids is 3. The Hall–Kier alpha value is -2.86. The molecule has 31 heavy (non-hydrogen) atoms. The first kappa shape index (κ1) is 21.4. The zero-order chi connectivity index (χ0) is 22.0. The molecule has 4 rings (SSSR count). The Bertz CT molecular complexity index is 1020. The summed E-state index contributed by atoms with van der Waals surface area (Å²) in [7, 11) is 0. The maximum Gasteiger partial charge on any atom is 0.253 e. The highest BCUT2D eigenvalue weighted by molar-refractivity contribution is 6.31. The van der Waals surface area contributed by atoms with E-state index in [0.29, 0.717) is 16.3 Å². The quantitative estimate of drug-likeness (QED) is 0.728. The number of rotatable bonds is 5. The van der Waals surface area contributed by atoms with Crippen molar-refractivity contribution in [1.82, 2.24) is 5.32 Å². The zero-order valence-corrected chi connectivity index (χ0v) is 18.2. The number of carbonyl (C=O) groups is 3. The molecule has 0 aromatic heterocycles. The molecule has 2 aromatic carbocycles. The third-order valence-electron chi connectivity index (χ3n) is 6.15. The summed E-state index contributed by atoms with van der Waals surface area (Å²) in [6.07, 6.45) is 4.35. The van der Waals surface area contributed by atoms with Crippen LogP contribution in [0.25, 0.3) is 0 Å². The molecule has 0 bridgehead atoms. The Labute approximate surface area is 187 Å². The number of amides is 3. The van der Waals surface area contributed by atoms with Crippen molar-refractivity contribution >= 4 is 40.7 Å². The second-order valence-corrected chi connectivity index (χ2v) is 8.69. The lowest BCUT2D eigenvalue weighted by atomic mass is 10.1. The van der Waals surface area contributed by atoms with Gasteiger partial charge in [-0.3, -0.25) is 14.4 Å². The van der Waals surface area contributed by atoms with Crippen LogP contribution in [0.2, 0.25) is 5.02 Å². The molecule has 2 fully saturated rings. The number of halogens is 1. The molecule has 7 heteroatoms. The molecule has 2 N–H and O–H groups in total. The van der Waals surface area contributed by atoms with E-state index in [2.05, 4.69) is 10.6 Å². The van der Waals surface area contributed by atoms with Crippen LogP contribution in [0.3, 0.4) is 0 Å². The van der Waals surface area contributed by atoms with Crippen LogP contribution >= 0.6 is 11.6 Å². The first-order valence-corrected chi connectivity index (χ1v) is 11.1. The SMILES string of the molecule is Cc1c(Cl)cccc1N1C[C@H](C(=O)Nc2ccccc2C(=O)NC2CCCC2)CC1=O. The van der Waals surface area contributed by atoms with Gasteiger partial charge in [-0.2, -0.15) is 0 Å². The predicted octanol–water partition coefficient (Wildman–Crippen LogP) is 4.31. The molecule has 0 unspecified atom stereocenters. The van der Waals surface area contributed by atoms with Crippen LogP contribution < -0.4 is 15.5 Å². The van der Waals surface area contributed by atoms with Gasteiger partial charge in [0.15, 0.2) is 0 Å². The Balaban J connectivity index is 1.46. The topological polar surface area (TPSA) is 78.5 Å². The normalized spacial score (nSPS) is 19.0. The number of hydrogen-bond donors (Lipinski definition) is 2. The molecule has 1 saturated carbocycles. The summed E-state index contributed by atoms with van der Waals surface area (Å²) in [5.41, 5.74) is 2.44. The Morgan fingerprint density at radius 3 is 2.58 bits per heavy atom. The highest BCUT2D eigenvalue weighted by atomic mass is 35.5. The molecule has 3 amide bonds. The molecular formula is C24H26ClN3O3. The number of anilines is 2. The van der Waals surface area contributed by atoms with Crippen molar-refractivity contribution in [2.45, 2.75) is 45.1 Å². The van der Waals surface area contributed by atoms with Crippen LogP contribution in [0.5, 0.6) is 0 Å². The van der Waals surface area contributed by atoms with Gasteiger partial charge in [-0.1, -0.05) is 42.6 Å². The predicted molar refractivity (Wildman–Crippen MR) is 121 cm³/mol. The van der Waals surface area contributed by atoms with Gasteiger partial charge in [-0.15, -0.1) is 0 Å². The van der Waals surface area contributed by atoms with Gasteiger partial charge in [0.05, 0.1) is 17.2 Å². The molecule has 0 radical (unpaired) electrons. The molecule has 1 atom stereocenters. The van der Waals surface area contributed by atoms with Crippen molar-refractivity contribution in [3.05, 3.63) is 58.6 Å². The minimum absolute atomic E-state index is 0.113. The van der Waals surface area contributed by atoms with Crippen LogP contribution in [0, 0.1) is 12.8 Å². The van der Waals surface area contributed by atoms with E-state index in [0.717, 1.165) is 36.9 Å². The maximum atomic E-state index is 13.0. The van der Waals surface area contributed by atoms with Gasteiger partial charge in [-0.05, 0) is 49.6 Å². The summed E-state index contributed by atoms with van der Waals surface area (Å²) in [5.74, 6) is -1.06. The van der Waals surface area contributed by atoms with Crippen molar-refractivity contribution in [1.29, 1.82) is 0 Å². The second kappa shape index (κ2) is 9.10. The second-order valence-electron chi connectivity index (χ2n) is 8.28. The Kier molecular flexibility index (Phi) is 6.28. The highest BCUT2D eigenvalue weighted by Gasteiger charge is 2.36. The number of benzene rings is 2. The van der Waals surface area contributed by atoms with Gasteiger partial charge in [-0.25, -0.2) is 0 Å². The molecule has 1 aliphatic carbocycles. The molecular weight excluding hydrogens is 414 g/mol. The standard InChI is InChI=1S/C24H26ClN3O3/c1-15-19(25)10-6-12-21(15)28-14-16(13-22(28)29)23(30)27-20-11-5-4-9-18(20)24(31)26-17-7-2-3-8-17/h4-6,9-12,16-17H,2-3,7-8,13-14H2,1H3,(H,26,31)(H,27,30)/t16-/m1/s1.